The largest absolute Gasteiger partial charge is 0.447 e. The predicted molar refractivity (Wildman–Crippen MR) is 77.9 cm³/mol. The lowest BCUT2D eigenvalue weighted by Crippen LogP contribution is -2.00. The SMILES string of the molecule is CC(O)c1cccc(F)c1Oc1ccc(Br)cc1[N+](=O)[O-]. The lowest BCUT2D eigenvalue weighted by Gasteiger charge is -2.14. The van der Waals surface area contributed by atoms with Gasteiger partial charge in [-0.1, -0.05) is 28.1 Å². The molecule has 5 nitrogen and oxygen atoms in total. The molecule has 0 saturated heterocycles. The lowest BCUT2D eigenvalue weighted by atomic mass is 10.1. The second-order valence-electron chi connectivity index (χ2n) is 4.31. The van der Waals surface area contributed by atoms with Gasteiger partial charge in [-0.25, -0.2) is 4.39 Å². The summed E-state index contributed by atoms with van der Waals surface area (Å²) in [4.78, 5) is 10.4. The zero-order chi connectivity index (χ0) is 15.6. The molecule has 2 rings (SSSR count). The molecule has 0 saturated carbocycles. The fourth-order valence-corrected chi connectivity index (χ4v) is 2.14. The van der Waals surface area contributed by atoms with E-state index >= 15 is 0 Å². The van der Waals surface area contributed by atoms with Gasteiger partial charge in [-0.05, 0) is 25.1 Å². The van der Waals surface area contributed by atoms with Crippen LogP contribution in [0.25, 0.3) is 0 Å². The Kier molecular flexibility index (Phi) is 4.54. The molecule has 1 atom stereocenters. The molecule has 2 aromatic rings. The third-order valence-electron chi connectivity index (χ3n) is 2.78. The highest BCUT2D eigenvalue weighted by Gasteiger charge is 2.20. The van der Waals surface area contributed by atoms with Gasteiger partial charge in [0.2, 0.25) is 5.75 Å². The van der Waals surface area contributed by atoms with Crippen molar-refractivity contribution in [1.82, 2.24) is 0 Å². The van der Waals surface area contributed by atoms with Gasteiger partial charge >= 0.3 is 5.69 Å². The van der Waals surface area contributed by atoms with Gasteiger partial charge in [0.05, 0.1) is 11.0 Å². The molecule has 7 heteroatoms. The molecule has 0 aliphatic rings. The number of ether oxygens (including phenoxy) is 1. The fourth-order valence-electron chi connectivity index (χ4n) is 1.79. The van der Waals surface area contributed by atoms with Crippen molar-refractivity contribution in [2.24, 2.45) is 0 Å². The van der Waals surface area contributed by atoms with Crippen LogP contribution in [0.1, 0.15) is 18.6 Å². The first-order valence-electron chi connectivity index (χ1n) is 5.98. The van der Waals surface area contributed by atoms with E-state index in [2.05, 4.69) is 15.9 Å². The molecule has 2 aromatic carbocycles. The van der Waals surface area contributed by atoms with Gasteiger partial charge in [0.1, 0.15) is 0 Å². The van der Waals surface area contributed by atoms with Crippen molar-refractivity contribution in [3.8, 4) is 11.5 Å². The van der Waals surface area contributed by atoms with E-state index in [1.165, 1.54) is 31.2 Å². The molecule has 0 radical (unpaired) electrons. The molecule has 1 N–H and O–H groups in total. The van der Waals surface area contributed by atoms with Gasteiger partial charge in [0, 0.05) is 16.1 Å². The Morgan fingerprint density at radius 1 is 1.38 bits per heavy atom. The molecular formula is C14H11BrFNO4. The molecule has 0 aliphatic carbocycles. The standard InChI is InChI=1S/C14H11BrFNO4/c1-8(18)10-3-2-4-11(16)14(10)21-13-6-5-9(15)7-12(13)17(19)20/h2-8,18H,1H3. The number of aliphatic hydroxyl groups is 1. The number of halogens is 2. The molecule has 0 amide bonds. The van der Waals surface area contributed by atoms with Gasteiger partial charge in [0.15, 0.2) is 11.6 Å². The van der Waals surface area contributed by atoms with E-state index in [4.69, 9.17) is 4.74 Å². The van der Waals surface area contributed by atoms with E-state index in [0.29, 0.717) is 4.47 Å². The highest BCUT2D eigenvalue weighted by atomic mass is 79.9. The van der Waals surface area contributed by atoms with Gasteiger partial charge < -0.3 is 9.84 Å². The number of benzene rings is 2. The highest BCUT2D eigenvalue weighted by Crippen LogP contribution is 2.37. The molecule has 0 aromatic heterocycles. The third-order valence-corrected chi connectivity index (χ3v) is 3.27. The molecule has 1 unspecified atom stereocenters. The summed E-state index contributed by atoms with van der Waals surface area (Å²) in [6.45, 7) is 1.46. The molecule has 110 valence electrons. The smallest absolute Gasteiger partial charge is 0.312 e. The zero-order valence-electron chi connectivity index (χ0n) is 10.9. The Morgan fingerprint density at radius 3 is 2.71 bits per heavy atom. The average molecular weight is 356 g/mol. The molecular weight excluding hydrogens is 345 g/mol. The maximum Gasteiger partial charge on any atom is 0.312 e. The Hall–Kier alpha value is -1.99. The van der Waals surface area contributed by atoms with Crippen LogP contribution in [0.3, 0.4) is 0 Å². The quantitative estimate of drug-likeness (QED) is 0.653. The molecule has 21 heavy (non-hydrogen) atoms. The van der Waals surface area contributed by atoms with Crippen LogP contribution in [-0.2, 0) is 0 Å². The normalized spacial score (nSPS) is 12.0. The first-order chi connectivity index (χ1) is 9.90. The third kappa shape index (κ3) is 3.37. The van der Waals surface area contributed by atoms with Gasteiger partial charge in [-0.3, -0.25) is 10.1 Å². The monoisotopic (exact) mass is 355 g/mol. The summed E-state index contributed by atoms with van der Waals surface area (Å²) in [5.41, 5.74) is -0.0867. The summed E-state index contributed by atoms with van der Waals surface area (Å²) in [6.07, 6.45) is -0.967. The van der Waals surface area contributed by atoms with Crippen molar-refractivity contribution >= 4 is 21.6 Å². The minimum atomic E-state index is -0.967. The number of rotatable bonds is 4. The number of hydrogen-bond donors (Lipinski definition) is 1. The van der Waals surface area contributed by atoms with Crippen LogP contribution in [0.4, 0.5) is 10.1 Å². The van der Waals surface area contributed by atoms with E-state index < -0.39 is 16.8 Å². The van der Waals surface area contributed by atoms with E-state index in [0.717, 1.165) is 6.07 Å². The second kappa shape index (κ2) is 6.19. The number of hydrogen-bond acceptors (Lipinski definition) is 4. The maximum absolute atomic E-state index is 13.9. The van der Waals surface area contributed by atoms with Crippen molar-refractivity contribution in [1.29, 1.82) is 0 Å². The molecule has 0 bridgehead atoms. The lowest BCUT2D eigenvalue weighted by molar-refractivity contribution is -0.385. The van der Waals surface area contributed by atoms with Crippen LogP contribution >= 0.6 is 15.9 Å². The Bertz CT molecular complexity index is 691. The summed E-state index contributed by atoms with van der Waals surface area (Å²) in [6, 6.07) is 8.25. The first-order valence-corrected chi connectivity index (χ1v) is 6.77. The van der Waals surface area contributed by atoms with E-state index in [1.807, 2.05) is 0 Å². The van der Waals surface area contributed by atoms with E-state index in [1.54, 1.807) is 6.07 Å². The first kappa shape index (κ1) is 15.4. The fraction of sp³-hybridized carbons (Fsp3) is 0.143. The molecule has 0 spiro atoms. The Balaban J connectivity index is 2.51. The Morgan fingerprint density at radius 2 is 2.10 bits per heavy atom. The van der Waals surface area contributed by atoms with E-state index in [-0.39, 0.29) is 22.7 Å². The number of aliphatic hydroxyl groups excluding tert-OH is 1. The zero-order valence-corrected chi connectivity index (χ0v) is 12.5. The second-order valence-corrected chi connectivity index (χ2v) is 5.22. The Labute approximate surface area is 128 Å². The summed E-state index contributed by atoms with van der Waals surface area (Å²) in [5.74, 6) is -1.03. The highest BCUT2D eigenvalue weighted by molar-refractivity contribution is 9.10. The minimum absolute atomic E-state index is 0.102. The molecule has 0 heterocycles. The van der Waals surface area contributed by atoms with Crippen molar-refractivity contribution in [2.75, 3.05) is 0 Å². The van der Waals surface area contributed by atoms with Crippen LogP contribution < -0.4 is 4.74 Å². The number of nitrogens with zero attached hydrogens (tertiary/aromatic N) is 1. The maximum atomic E-state index is 13.9. The number of nitro benzene ring substituents is 1. The van der Waals surface area contributed by atoms with Crippen LogP contribution in [0.5, 0.6) is 11.5 Å². The van der Waals surface area contributed by atoms with Crippen LogP contribution in [0.2, 0.25) is 0 Å². The summed E-state index contributed by atoms with van der Waals surface area (Å²) in [7, 11) is 0. The van der Waals surface area contributed by atoms with Crippen molar-refractivity contribution in [3.63, 3.8) is 0 Å². The van der Waals surface area contributed by atoms with Gasteiger partial charge in [-0.2, -0.15) is 0 Å². The van der Waals surface area contributed by atoms with Crippen LogP contribution in [0.15, 0.2) is 40.9 Å². The molecule has 0 fully saturated rings. The van der Waals surface area contributed by atoms with Crippen LogP contribution in [-0.4, -0.2) is 10.0 Å². The average Bonchev–Trinajstić information content (AvgIpc) is 2.42. The van der Waals surface area contributed by atoms with Crippen molar-refractivity contribution < 1.29 is 19.2 Å². The van der Waals surface area contributed by atoms with Gasteiger partial charge in [0.25, 0.3) is 0 Å². The van der Waals surface area contributed by atoms with Gasteiger partial charge in [-0.15, -0.1) is 0 Å². The summed E-state index contributed by atoms with van der Waals surface area (Å²) < 4.78 is 19.7. The molecule has 0 aliphatic heterocycles. The predicted octanol–water partition coefficient (Wildman–Crippen LogP) is 4.34. The topological polar surface area (TPSA) is 72.6 Å². The van der Waals surface area contributed by atoms with Crippen molar-refractivity contribution in [3.05, 3.63) is 62.4 Å². The van der Waals surface area contributed by atoms with Crippen molar-refractivity contribution in [2.45, 2.75) is 13.0 Å². The number of nitro groups is 1. The summed E-state index contributed by atoms with van der Waals surface area (Å²) >= 11 is 3.13. The van der Waals surface area contributed by atoms with E-state index in [9.17, 15) is 19.6 Å². The summed E-state index contributed by atoms with van der Waals surface area (Å²) in [5, 5.41) is 20.7. The minimum Gasteiger partial charge on any atom is -0.447 e. The number of para-hydroxylation sites is 1. The van der Waals surface area contributed by atoms with Crippen LogP contribution in [0, 0.1) is 15.9 Å².